The van der Waals surface area contributed by atoms with Gasteiger partial charge in [-0.15, -0.1) is 0 Å². The Labute approximate surface area is 185 Å². The molecular weight excluding hydrogens is 410 g/mol. The molecule has 32 heavy (non-hydrogen) atoms. The SMILES string of the molecule is COc1ccc(C(=O)N2CCN(c3ccc(-c4noc(C5CC5)n4)cn3)CC2)c(OC)c1. The molecule has 2 aliphatic rings. The lowest BCUT2D eigenvalue weighted by Gasteiger charge is -2.35. The van der Waals surface area contributed by atoms with Gasteiger partial charge in [-0.05, 0) is 37.1 Å². The monoisotopic (exact) mass is 435 g/mol. The Morgan fingerprint density at radius 1 is 1.06 bits per heavy atom. The number of rotatable bonds is 6. The molecule has 3 heterocycles. The van der Waals surface area contributed by atoms with Crippen molar-refractivity contribution in [3.63, 3.8) is 0 Å². The number of hydrogen-bond donors (Lipinski definition) is 0. The van der Waals surface area contributed by atoms with Gasteiger partial charge in [0.2, 0.25) is 11.7 Å². The van der Waals surface area contributed by atoms with Gasteiger partial charge in [0.05, 0.1) is 19.8 Å². The summed E-state index contributed by atoms with van der Waals surface area (Å²) in [4.78, 5) is 26.1. The standard InChI is InChI=1S/C23H25N5O4/c1-30-17-6-7-18(19(13-17)31-2)23(29)28-11-9-27(10-12-28)20-8-5-16(14-24-20)21-25-22(32-26-21)15-3-4-15/h5-8,13-15H,3-4,9-12H2,1-2H3. The van der Waals surface area contributed by atoms with Crippen molar-refractivity contribution in [3.05, 3.63) is 48.0 Å². The molecule has 3 aromatic rings. The molecule has 1 saturated carbocycles. The van der Waals surface area contributed by atoms with Gasteiger partial charge in [0, 0.05) is 49.9 Å². The van der Waals surface area contributed by atoms with E-state index >= 15 is 0 Å². The van der Waals surface area contributed by atoms with Crippen molar-refractivity contribution in [2.24, 2.45) is 0 Å². The molecule has 0 atom stereocenters. The number of amides is 1. The lowest BCUT2D eigenvalue weighted by molar-refractivity contribution is 0.0743. The summed E-state index contributed by atoms with van der Waals surface area (Å²) in [5.41, 5.74) is 1.37. The van der Waals surface area contributed by atoms with E-state index in [2.05, 4.69) is 20.0 Å². The van der Waals surface area contributed by atoms with Gasteiger partial charge in [-0.3, -0.25) is 4.79 Å². The summed E-state index contributed by atoms with van der Waals surface area (Å²) in [5, 5.41) is 4.07. The summed E-state index contributed by atoms with van der Waals surface area (Å²) in [6, 6.07) is 9.18. The molecule has 166 valence electrons. The summed E-state index contributed by atoms with van der Waals surface area (Å²) in [6.07, 6.45) is 4.02. The summed E-state index contributed by atoms with van der Waals surface area (Å²) in [7, 11) is 3.14. The highest BCUT2D eigenvalue weighted by Crippen LogP contribution is 2.39. The van der Waals surface area contributed by atoms with Gasteiger partial charge >= 0.3 is 0 Å². The number of piperazine rings is 1. The van der Waals surface area contributed by atoms with Crippen LogP contribution in [0.4, 0.5) is 5.82 Å². The van der Waals surface area contributed by atoms with Crippen LogP contribution in [0, 0.1) is 0 Å². The van der Waals surface area contributed by atoms with E-state index in [1.807, 2.05) is 17.0 Å². The third-order valence-corrected chi connectivity index (χ3v) is 5.90. The molecule has 0 spiro atoms. The summed E-state index contributed by atoms with van der Waals surface area (Å²) < 4.78 is 15.9. The smallest absolute Gasteiger partial charge is 0.257 e. The normalized spacial score (nSPS) is 16.2. The van der Waals surface area contributed by atoms with Crippen molar-refractivity contribution < 1.29 is 18.8 Å². The minimum absolute atomic E-state index is 0.0453. The maximum absolute atomic E-state index is 13.0. The van der Waals surface area contributed by atoms with Crippen LogP contribution in [0.15, 0.2) is 41.1 Å². The minimum atomic E-state index is -0.0453. The first-order valence-corrected chi connectivity index (χ1v) is 10.7. The topological polar surface area (TPSA) is 93.8 Å². The summed E-state index contributed by atoms with van der Waals surface area (Å²) in [6.45, 7) is 2.61. The molecule has 1 aliphatic heterocycles. The molecular formula is C23H25N5O4. The Morgan fingerprint density at radius 3 is 2.53 bits per heavy atom. The Bertz CT molecular complexity index is 1100. The fourth-order valence-electron chi connectivity index (χ4n) is 3.84. The number of hydrogen-bond acceptors (Lipinski definition) is 8. The van der Waals surface area contributed by atoms with Gasteiger partial charge in [-0.2, -0.15) is 4.98 Å². The third-order valence-electron chi connectivity index (χ3n) is 5.90. The van der Waals surface area contributed by atoms with Crippen LogP contribution < -0.4 is 14.4 Å². The summed E-state index contributed by atoms with van der Waals surface area (Å²) in [5.74, 6) is 3.72. The van der Waals surface area contributed by atoms with E-state index in [0.29, 0.717) is 55.0 Å². The van der Waals surface area contributed by atoms with E-state index in [1.54, 1.807) is 38.6 Å². The van der Waals surface area contributed by atoms with Gasteiger partial charge in [0.1, 0.15) is 17.3 Å². The van der Waals surface area contributed by atoms with Crippen LogP contribution in [0.2, 0.25) is 0 Å². The van der Waals surface area contributed by atoms with E-state index in [4.69, 9.17) is 14.0 Å². The lowest BCUT2D eigenvalue weighted by Crippen LogP contribution is -2.49. The molecule has 9 heteroatoms. The average molecular weight is 435 g/mol. The Kier molecular flexibility index (Phi) is 5.38. The van der Waals surface area contributed by atoms with Crippen LogP contribution in [0.5, 0.6) is 11.5 Å². The quantitative estimate of drug-likeness (QED) is 0.583. The van der Waals surface area contributed by atoms with Gasteiger partial charge < -0.3 is 23.8 Å². The van der Waals surface area contributed by atoms with Crippen LogP contribution in [0.3, 0.4) is 0 Å². The summed E-state index contributed by atoms with van der Waals surface area (Å²) >= 11 is 0. The number of aromatic nitrogens is 3. The molecule has 0 N–H and O–H groups in total. The molecule has 0 radical (unpaired) electrons. The molecule has 1 saturated heterocycles. The number of pyridine rings is 1. The van der Waals surface area contributed by atoms with E-state index < -0.39 is 0 Å². The molecule has 1 aromatic carbocycles. The van der Waals surface area contributed by atoms with Crippen molar-refractivity contribution in [1.82, 2.24) is 20.0 Å². The highest BCUT2D eigenvalue weighted by Gasteiger charge is 2.30. The fraction of sp³-hybridized carbons (Fsp3) is 0.391. The second-order valence-corrected chi connectivity index (χ2v) is 7.98. The van der Waals surface area contributed by atoms with Crippen molar-refractivity contribution in [1.29, 1.82) is 0 Å². The van der Waals surface area contributed by atoms with Gasteiger partial charge in [0.15, 0.2) is 0 Å². The first kappa shape index (κ1) is 20.3. The minimum Gasteiger partial charge on any atom is -0.497 e. The number of ether oxygens (including phenoxy) is 2. The van der Waals surface area contributed by atoms with Crippen molar-refractivity contribution in [3.8, 4) is 22.9 Å². The Balaban J connectivity index is 1.22. The zero-order chi connectivity index (χ0) is 22.1. The molecule has 0 unspecified atom stereocenters. The van der Waals surface area contributed by atoms with Gasteiger partial charge in [-0.1, -0.05) is 5.16 Å². The first-order chi connectivity index (χ1) is 15.7. The largest absolute Gasteiger partial charge is 0.497 e. The second kappa shape index (κ2) is 8.49. The maximum Gasteiger partial charge on any atom is 0.257 e. The maximum atomic E-state index is 13.0. The van der Waals surface area contributed by atoms with E-state index in [9.17, 15) is 4.79 Å². The molecule has 9 nitrogen and oxygen atoms in total. The Morgan fingerprint density at radius 2 is 1.88 bits per heavy atom. The van der Waals surface area contributed by atoms with Crippen LogP contribution in [-0.4, -0.2) is 66.3 Å². The highest BCUT2D eigenvalue weighted by atomic mass is 16.5. The van der Waals surface area contributed by atoms with E-state index in [0.717, 1.165) is 30.1 Å². The molecule has 1 amide bonds. The van der Waals surface area contributed by atoms with Crippen molar-refractivity contribution >= 4 is 11.7 Å². The number of methoxy groups -OCH3 is 2. The number of benzene rings is 1. The molecule has 5 rings (SSSR count). The number of carbonyl (C=O) groups excluding carboxylic acids is 1. The molecule has 2 fully saturated rings. The van der Waals surface area contributed by atoms with Crippen molar-refractivity contribution in [2.75, 3.05) is 45.3 Å². The number of anilines is 1. The van der Waals surface area contributed by atoms with Crippen molar-refractivity contribution in [2.45, 2.75) is 18.8 Å². The predicted octanol–water partition coefficient (Wildman–Crippen LogP) is 2.99. The van der Waals surface area contributed by atoms with Gasteiger partial charge in [-0.25, -0.2) is 4.98 Å². The molecule has 1 aliphatic carbocycles. The van der Waals surface area contributed by atoms with E-state index in [-0.39, 0.29) is 5.91 Å². The van der Waals surface area contributed by atoms with Crippen LogP contribution in [-0.2, 0) is 0 Å². The second-order valence-electron chi connectivity index (χ2n) is 7.98. The number of nitrogens with zero attached hydrogens (tertiary/aromatic N) is 5. The van der Waals surface area contributed by atoms with Crippen LogP contribution in [0.1, 0.15) is 35.0 Å². The molecule has 0 bridgehead atoms. The number of carbonyl (C=O) groups is 1. The van der Waals surface area contributed by atoms with Crippen LogP contribution in [0.25, 0.3) is 11.4 Å². The average Bonchev–Trinajstić information content (AvgIpc) is 3.59. The van der Waals surface area contributed by atoms with E-state index in [1.165, 1.54) is 0 Å². The highest BCUT2D eigenvalue weighted by molar-refractivity contribution is 5.97. The zero-order valence-corrected chi connectivity index (χ0v) is 18.2. The predicted molar refractivity (Wildman–Crippen MR) is 117 cm³/mol. The fourth-order valence-corrected chi connectivity index (χ4v) is 3.84. The van der Waals surface area contributed by atoms with Crippen LogP contribution >= 0.6 is 0 Å². The first-order valence-electron chi connectivity index (χ1n) is 10.7. The van der Waals surface area contributed by atoms with Gasteiger partial charge in [0.25, 0.3) is 5.91 Å². The lowest BCUT2D eigenvalue weighted by atomic mass is 10.1. The zero-order valence-electron chi connectivity index (χ0n) is 18.2. The molecule has 2 aromatic heterocycles. The Hall–Kier alpha value is -3.62. The third kappa shape index (κ3) is 3.98.